The fraction of sp³-hybridized carbons (Fsp3) is 0.500. The summed E-state index contributed by atoms with van der Waals surface area (Å²) >= 11 is 0. The Labute approximate surface area is 123 Å². The van der Waals surface area contributed by atoms with Crippen LogP contribution in [0.2, 0.25) is 0 Å². The highest BCUT2D eigenvalue weighted by atomic mass is 16.5. The van der Waals surface area contributed by atoms with Gasteiger partial charge in [0.25, 0.3) is 0 Å². The number of nitrogens with zero attached hydrogens (tertiary/aromatic N) is 1. The number of para-hydroxylation sites is 1. The van der Waals surface area contributed by atoms with E-state index < -0.39 is 11.9 Å². The summed E-state index contributed by atoms with van der Waals surface area (Å²) in [5.41, 5.74) is 0. The molecule has 0 aromatic heterocycles. The van der Waals surface area contributed by atoms with Gasteiger partial charge in [0.05, 0.1) is 11.8 Å². The standard InChI is InChI=1S/C16H19NO4/c18-15(13-10-14(13)16(19)20)17-8-6-12(7-9-17)21-11-4-2-1-3-5-11/h1-5,12-14H,6-10H2,(H,19,20). The minimum Gasteiger partial charge on any atom is -0.490 e. The van der Waals surface area contributed by atoms with Crippen molar-refractivity contribution in [2.75, 3.05) is 13.1 Å². The van der Waals surface area contributed by atoms with Crippen molar-refractivity contribution in [3.63, 3.8) is 0 Å². The second kappa shape index (κ2) is 5.76. The van der Waals surface area contributed by atoms with E-state index in [9.17, 15) is 9.59 Å². The van der Waals surface area contributed by atoms with Gasteiger partial charge in [-0.25, -0.2) is 0 Å². The van der Waals surface area contributed by atoms with Gasteiger partial charge in [-0.2, -0.15) is 0 Å². The average molecular weight is 289 g/mol. The zero-order valence-corrected chi connectivity index (χ0v) is 11.8. The molecule has 2 aliphatic rings. The smallest absolute Gasteiger partial charge is 0.307 e. The van der Waals surface area contributed by atoms with E-state index in [4.69, 9.17) is 9.84 Å². The summed E-state index contributed by atoms with van der Waals surface area (Å²) in [4.78, 5) is 24.8. The van der Waals surface area contributed by atoms with Crippen LogP contribution in [-0.4, -0.2) is 41.1 Å². The van der Waals surface area contributed by atoms with Crippen molar-refractivity contribution in [3.05, 3.63) is 30.3 Å². The third kappa shape index (κ3) is 3.17. The number of benzene rings is 1. The zero-order chi connectivity index (χ0) is 14.8. The number of carboxylic acid groups (broad SMARTS) is 1. The fourth-order valence-electron chi connectivity index (χ4n) is 2.86. The lowest BCUT2D eigenvalue weighted by molar-refractivity contribution is -0.142. The number of amides is 1. The third-order valence-corrected chi connectivity index (χ3v) is 4.22. The Morgan fingerprint density at radius 1 is 1.10 bits per heavy atom. The van der Waals surface area contributed by atoms with Gasteiger partial charge in [-0.1, -0.05) is 18.2 Å². The first kappa shape index (κ1) is 13.9. The van der Waals surface area contributed by atoms with Gasteiger partial charge in [-0.05, 0) is 18.6 Å². The topological polar surface area (TPSA) is 66.8 Å². The van der Waals surface area contributed by atoms with E-state index in [2.05, 4.69) is 0 Å². The molecule has 112 valence electrons. The van der Waals surface area contributed by atoms with E-state index in [0.717, 1.165) is 18.6 Å². The van der Waals surface area contributed by atoms with Crippen LogP contribution in [0.25, 0.3) is 0 Å². The molecule has 2 unspecified atom stereocenters. The van der Waals surface area contributed by atoms with E-state index in [1.165, 1.54) is 0 Å². The molecule has 1 saturated carbocycles. The van der Waals surface area contributed by atoms with E-state index >= 15 is 0 Å². The molecule has 21 heavy (non-hydrogen) atoms. The van der Waals surface area contributed by atoms with E-state index in [0.29, 0.717) is 19.5 Å². The van der Waals surface area contributed by atoms with Gasteiger partial charge in [-0.3, -0.25) is 9.59 Å². The number of likely N-dealkylation sites (tertiary alicyclic amines) is 1. The molecule has 1 heterocycles. The van der Waals surface area contributed by atoms with Gasteiger partial charge in [0.15, 0.2) is 0 Å². The number of aliphatic carboxylic acids is 1. The summed E-state index contributed by atoms with van der Waals surface area (Å²) in [5, 5.41) is 8.89. The lowest BCUT2D eigenvalue weighted by atomic mass is 10.1. The number of piperidine rings is 1. The number of carbonyl (C=O) groups excluding carboxylic acids is 1. The van der Waals surface area contributed by atoms with Crippen molar-refractivity contribution < 1.29 is 19.4 Å². The largest absolute Gasteiger partial charge is 0.490 e. The lowest BCUT2D eigenvalue weighted by Crippen LogP contribution is -2.42. The Hall–Kier alpha value is -2.04. The predicted octanol–water partition coefficient (Wildman–Crippen LogP) is 1.78. The molecule has 1 aromatic rings. The second-order valence-corrected chi connectivity index (χ2v) is 5.74. The Bertz CT molecular complexity index is 522. The van der Waals surface area contributed by atoms with Crippen LogP contribution in [0.1, 0.15) is 19.3 Å². The Kier molecular flexibility index (Phi) is 3.82. The Morgan fingerprint density at radius 3 is 2.33 bits per heavy atom. The number of carboxylic acids is 1. The predicted molar refractivity (Wildman–Crippen MR) is 75.9 cm³/mol. The second-order valence-electron chi connectivity index (χ2n) is 5.74. The molecule has 0 spiro atoms. The maximum Gasteiger partial charge on any atom is 0.307 e. The maximum absolute atomic E-state index is 12.2. The number of carbonyl (C=O) groups is 2. The summed E-state index contributed by atoms with van der Waals surface area (Å²) in [6.45, 7) is 1.30. The van der Waals surface area contributed by atoms with Crippen molar-refractivity contribution in [2.24, 2.45) is 11.8 Å². The highest BCUT2D eigenvalue weighted by molar-refractivity contribution is 5.89. The molecule has 0 radical (unpaired) electrons. The third-order valence-electron chi connectivity index (χ3n) is 4.22. The van der Waals surface area contributed by atoms with Gasteiger partial charge >= 0.3 is 5.97 Å². The number of hydrogen-bond donors (Lipinski definition) is 1. The molecule has 2 atom stereocenters. The Balaban J connectivity index is 1.47. The van der Waals surface area contributed by atoms with Gasteiger partial charge in [-0.15, -0.1) is 0 Å². The van der Waals surface area contributed by atoms with Crippen LogP contribution < -0.4 is 4.74 Å². The van der Waals surface area contributed by atoms with Crippen molar-refractivity contribution in [1.29, 1.82) is 0 Å². The summed E-state index contributed by atoms with van der Waals surface area (Å²) in [6, 6.07) is 9.68. The van der Waals surface area contributed by atoms with Crippen molar-refractivity contribution in [2.45, 2.75) is 25.4 Å². The first-order valence-corrected chi connectivity index (χ1v) is 7.38. The summed E-state index contributed by atoms with van der Waals surface area (Å²) in [7, 11) is 0. The number of hydrogen-bond acceptors (Lipinski definition) is 3. The molecular formula is C16H19NO4. The van der Waals surface area contributed by atoms with Crippen molar-refractivity contribution >= 4 is 11.9 Å². The van der Waals surface area contributed by atoms with Gasteiger partial charge in [0.2, 0.25) is 5.91 Å². The zero-order valence-electron chi connectivity index (χ0n) is 11.8. The van der Waals surface area contributed by atoms with E-state index in [1.54, 1.807) is 4.90 Å². The lowest BCUT2D eigenvalue weighted by Gasteiger charge is -2.32. The molecule has 2 fully saturated rings. The summed E-state index contributed by atoms with van der Waals surface area (Å²) in [6.07, 6.45) is 2.22. The molecule has 1 saturated heterocycles. The number of ether oxygens (including phenoxy) is 1. The first-order valence-electron chi connectivity index (χ1n) is 7.38. The highest BCUT2D eigenvalue weighted by Crippen LogP contribution is 2.40. The van der Waals surface area contributed by atoms with Crippen LogP contribution in [-0.2, 0) is 9.59 Å². The highest BCUT2D eigenvalue weighted by Gasteiger charge is 2.50. The fourth-order valence-corrected chi connectivity index (χ4v) is 2.86. The molecule has 1 amide bonds. The van der Waals surface area contributed by atoms with Crippen LogP contribution in [0.15, 0.2) is 30.3 Å². The van der Waals surface area contributed by atoms with Crippen LogP contribution in [0.3, 0.4) is 0 Å². The minimum absolute atomic E-state index is 0.000520. The van der Waals surface area contributed by atoms with Crippen LogP contribution >= 0.6 is 0 Å². The SMILES string of the molecule is O=C(O)C1CC1C(=O)N1CCC(Oc2ccccc2)CC1. The molecule has 1 aliphatic carbocycles. The molecule has 1 aromatic carbocycles. The van der Waals surface area contributed by atoms with Crippen molar-refractivity contribution in [1.82, 2.24) is 4.90 Å². The monoisotopic (exact) mass is 289 g/mol. The molecule has 1 N–H and O–H groups in total. The summed E-state index contributed by atoms with van der Waals surface area (Å²) in [5.74, 6) is -0.753. The molecule has 5 nitrogen and oxygen atoms in total. The molecule has 0 bridgehead atoms. The molecule has 5 heteroatoms. The first-order chi connectivity index (χ1) is 10.1. The quantitative estimate of drug-likeness (QED) is 0.917. The van der Waals surface area contributed by atoms with Gasteiger partial charge < -0.3 is 14.7 Å². The molecule has 3 rings (SSSR count). The van der Waals surface area contributed by atoms with E-state index in [1.807, 2.05) is 30.3 Å². The maximum atomic E-state index is 12.2. The normalized spacial score (nSPS) is 25.4. The number of rotatable bonds is 4. The average Bonchev–Trinajstić information content (AvgIpc) is 3.29. The summed E-state index contributed by atoms with van der Waals surface area (Å²) < 4.78 is 5.89. The van der Waals surface area contributed by atoms with E-state index in [-0.39, 0.29) is 17.9 Å². The van der Waals surface area contributed by atoms with Gasteiger partial charge in [0.1, 0.15) is 11.9 Å². The van der Waals surface area contributed by atoms with Crippen LogP contribution in [0.5, 0.6) is 5.75 Å². The Morgan fingerprint density at radius 2 is 1.76 bits per heavy atom. The van der Waals surface area contributed by atoms with Crippen molar-refractivity contribution in [3.8, 4) is 5.75 Å². The van der Waals surface area contributed by atoms with Crippen LogP contribution in [0.4, 0.5) is 0 Å². The minimum atomic E-state index is -0.851. The van der Waals surface area contributed by atoms with Crippen LogP contribution in [0, 0.1) is 11.8 Å². The molecular weight excluding hydrogens is 270 g/mol. The van der Waals surface area contributed by atoms with Gasteiger partial charge in [0, 0.05) is 25.9 Å². The molecule has 1 aliphatic heterocycles.